The van der Waals surface area contributed by atoms with Crippen LogP contribution in [0.1, 0.15) is 12.8 Å². The first kappa shape index (κ1) is 9.21. The Bertz CT molecular complexity index is 462. The number of hydrogen-bond acceptors (Lipinski definition) is 3. The van der Waals surface area contributed by atoms with Gasteiger partial charge >= 0.3 is 0 Å². The Kier molecular flexibility index (Phi) is 2.37. The predicted molar refractivity (Wildman–Crippen MR) is 62.7 cm³/mol. The topological polar surface area (TPSA) is 30.7 Å². The first-order valence-corrected chi connectivity index (χ1v) is 6.45. The SMILES string of the molecule is c1ccc2c(c1)nnn2CSCC1CC1. The zero-order valence-corrected chi connectivity index (χ0v) is 9.28. The van der Waals surface area contributed by atoms with E-state index in [1.165, 1.54) is 18.6 Å². The Morgan fingerprint density at radius 2 is 2.20 bits per heavy atom. The second-order valence-electron chi connectivity index (χ2n) is 4.02. The van der Waals surface area contributed by atoms with Gasteiger partial charge in [-0.3, -0.25) is 0 Å². The maximum absolute atomic E-state index is 4.16. The van der Waals surface area contributed by atoms with Crippen LogP contribution >= 0.6 is 11.8 Å². The Balaban J connectivity index is 1.72. The summed E-state index contributed by atoms with van der Waals surface area (Å²) in [7, 11) is 0. The van der Waals surface area contributed by atoms with Crippen LogP contribution < -0.4 is 0 Å². The third-order valence-corrected chi connectivity index (χ3v) is 3.82. The number of rotatable bonds is 4. The molecule has 1 aliphatic carbocycles. The second-order valence-corrected chi connectivity index (χ2v) is 5.02. The van der Waals surface area contributed by atoms with Gasteiger partial charge in [0.2, 0.25) is 0 Å². The molecule has 3 rings (SSSR count). The molecular weight excluding hydrogens is 206 g/mol. The Labute approximate surface area is 92.9 Å². The quantitative estimate of drug-likeness (QED) is 0.791. The summed E-state index contributed by atoms with van der Waals surface area (Å²) in [6.07, 6.45) is 2.84. The lowest BCUT2D eigenvalue weighted by Gasteiger charge is -2.00. The number of nitrogens with zero attached hydrogens (tertiary/aromatic N) is 3. The molecule has 0 bridgehead atoms. The molecule has 1 aliphatic rings. The van der Waals surface area contributed by atoms with Crippen LogP contribution in [0.25, 0.3) is 11.0 Å². The average molecular weight is 219 g/mol. The summed E-state index contributed by atoms with van der Waals surface area (Å²) < 4.78 is 1.99. The molecule has 0 aliphatic heterocycles. The lowest BCUT2D eigenvalue weighted by atomic mass is 10.3. The molecule has 1 aromatic heterocycles. The number of thioether (sulfide) groups is 1. The van der Waals surface area contributed by atoms with Gasteiger partial charge in [-0.2, -0.15) is 0 Å². The van der Waals surface area contributed by atoms with E-state index in [0.717, 1.165) is 22.8 Å². The van der Waals surface area contributed by atoms with E-state index >= 15 is 0 Å². The number of aromatic nitrogens is 3. The van der Waals surface area contributed by atoms with Gasteiger partial charge in [-0.05, 0) is 36.6 Å². The van der Waals surface area contributed by atoms with E-state index in [9.17, 15) is 0 Å². The zero-order chi connectivity index (χ0) is 10.1. The van der Waals surface area contributed by atoms with Crippen LogP contribution in [0.4, 0.5) is 0 Å². The maximum Gasteiger partial charge on any atom is 0.113 e. The van der Waals surface area contributed by atoms with E-state index in [0.29, 0.717) is 0 Å². The molecule has 0 atom stereocenters. The van der Waals surface area contributed by atoms with Gasteiger partial charge in [0.25, 0.3) is 0 Å². The van der Waals surface area contributed by atoms with Crippen molar-refractivity contribution in [2.45, 2.75) is 18.7 Å². The van der Waals surface area contributed by atoms with Crippen molar-refractivity contribution in [3.63, 3.8) is 0 Å². The standard InChI is InChI=1S/C11H13N3S/c1-2-4-11-10(3-1)12-13-14(11)8-15-7-9-5-6-9/h1-4,9H,5-8H2. The van der Waals surface area contributed by atoms with E-state index in [1.807, 2.05) is 34.6 Å². The first-order valence-electron chi connectivity index (χ1n) is 5.29. The number of benzene rings is 1. The summed E-state index contributed by atoms with van der Waals surface area (Å²) in [5, 5.41) is 8.29. The second kappa shape index (κ2) is 3.85. The largest absolute Gasteiger partial charge is 0.235 e. The highest BCUT2D eigenvalue weighted by Gasteiger charge is 2.20. The van der Waals surface area contributed by atoms with Crippen LogP contribution in [0.15, 0.2) is 24.3 Å². The van der Waals surface area contributed by atoms with Gasteiger partial charge in [0, 0.05) is 0 Å². The lowest BCUT2D eigenvalue weighted by Crippen LogP contribution is -1.98. The molecule has 0 radical (unpaired) electrons. The fraction of sp³-hybridized carbons (Fsp3) is 0.455. The van der Waals surface area contributed by atoms with Gasteiger partial charge in [-0.1, -0.05) is 17.3 Å². The molecule has 2 aromatic rings. The molecule has 1 aromatic carbocycles. The fourth-order valence-electron chi connectivity index (χ4n) is 1.60. The van der Waals surface area contributed by atoms with Crippen molar-refractivity contribution in [2.75, 3.05) is 5.75 Å². The summed E-state index contributed by atoms with van der Waals surface area (Å²) in [6.45, 7) is 0. The summed E-state index contributed by atoms with van der Waals surface area (Å²) in [6, 6.07) is 8.11. The van der Waals surface area contributed by atoms with E-state index < -0.39 is 0 Å². The molecule has 1 heterocycles. The molecule has 3 nitrogen and oxygen atoms in total. The zero-order valence-electron chi connectivity index (χ0n) is 8.47. The first-order chi connectivity index (χ1) is 7.43. The summed E-state index contributed by atoms with van der Waals surface area (Å²) >= 11 is 1.96. The van der Waals surface area contributed by atoms with Gasteiger partial charge in [0.05, 0.1) is 11.4 Å². The van der Waals surface area contributed by atoms with Crippen molar-refractivity contribution in [1.29, 1.82) is 0 Å². The van der Waals surface area contributed by atoms with Crippen molar-refractivity contribution < 1.29 is 0 Å². The Morgan fingerprint density at radius 3 is 3.07 bits per heavy atom. The molecule has 0 unspecified atom stereocenters. The smallest absolute Gasteiger partial charge is 0.113 e. The van der Waals surface area contributed by atoms with E-state index in [4.69, 9.17) is 0 Å². The number of fused-ring (bicyclic) bond motifs is 1. The van der Waals surface area contributed by atoms with Crippen molar-refractivity contribution in [3.8, 4) is 0 Å². The molecular formula is C11H13N3S. The molecule has 4 heteroatoms. The molecule has 1 fully saturated rings. The fourth-order valence-corrected chi connectivity index (χ4v) is 2.74. The Morgan fingerprint density at radius 1 is 1.33 bits per heavy atom. The maximum atomic E-state index is 4.16. The van der Waals surface area contributed by atoms with Crippen LogP contribution in [-0.2, 0) is 5.88 Å². The molecule has 15 heavy (non-hydrogen) atoms. The molecule has 0 amide bonds. The average Bonchev–Trinajstić information content (AvgIpc) is 3.00. The van der Waals surface area contributed by atoms with E-state index in [-0.39, 0.29) is 0 Å². The van der Waals surface area contributed by atoms with Gasteiger partial charge in [0.1, 0.15) is 5.52 Å². The minimum atomic E-state index is 0.928. The van der Waals surface area contributed by atoms with Crippen LogP contribution in [-0.4, -0.2) is 20.7 Å². The Hall–Kier alpha value is -1.03. The number of hydrogen-bond donors (Lipinski definition) is 0. The molecule has 1 saturated carbocycles. The van der Waals surface area contributed by atoms with Gasteiger partial charge in [0.15, 0.2) is 0 Å². The highest BCUT2D eigenvalue weighted by atomic mass is 32.2. The van der Waals surface area contributed by atoms with E-state index in [1.54, 1.807) is 0 Å². The lowest BCUT2D eigenvalue weighted by molar-refractivity contribution is 0.721. The predicted octanol–water partition coefficient (Wildman–Crippen LogP) is 2.53. The van der Waals surface area contributed by atoms with E-state index in [2.05, 4.69) is 16.4 Å². The van der Waals surface area contributed by atoms with Crippen LogP contribution in [0, 0.1) is 5.92 Å². The summed E-state index contributed by atoms with van der Waals surface area (Å²) in [5.41, 5.74) is 2.13. The minimum Gasteiger partial charge on any atom is -0.235 e. The van der Waals surface area contributed by atoms with Crippen LogP contribution in [0.3, 0.4) is 0 Å². The third-order valence-electron chi connectivity index (χ3n) is 2.68. The molecule has 78 valence electrons. The molecule has 0 spiro atoms. The monoisotopic (exact) mass is 219 g/mol. The number of para-hydroxylation sites is 1. The summed E-state index contributed by atoms with van der Waals surface area (Å²) in [4.78, 5) is 0. The highest BCUT2D eigenvalue weighted by Crippen LogP contribution is 2.32. The normalized spacial score (nSPS) is 16.0. The molecule has 0 saturated heterocycles. The van der Waals surface area contributed by atoms with Gasteiger partial charge < -0.3 is 0 Å². The van der Waals surface area contributed by atoms with Crippen molar-refractivity contribution in [1.82, 2.24) is 15.0 Å². The van der Waals surface area contributed by atoms with Crippen LogP contribution in [0.5, 0.6) is 0 Å². The van der Waals surface area contributed by atoms with Gasteiger partial charge in [-0.15, -0.1) is 16.9 Å². The van der Waals surface area contributed by atoms with Crippen LogP contribution in [0.2, 0.25) is 0 Å². The third kappa shape index (κ3) is 2.00. The highest BCUT2D eigenvalue weighted by molar-refractivity contribution is 7.98. The van der Waals surface area contributed by atoms with Crippen molar-refractivity contribution in [2.24, 2.45) is 5.92 Å². The molecule has 0 N–H and O–H groups in total. The van der Waals surface area contributed by atoms with Gasteiger partial charge in [-0.25, -0.2) is 4.68 Å². The van der Waals surface area contributed by atoms with Crippen molar-refractivity contribution >= 4 is 22.8 Å². The summed E-state index contributed by atoms with van der Waals surface area (Å²) in [5.74, 6) is 3.18. The van der Waals surface area contributed by atoms with Crippen molar-refractivity contribution in [3.05, 3.63) is 24.3 Å². The minimum absolute atomic E-state index is 0.928.